The molecule has 118 valence electrons. The fraction of sp³-hybridized carbons (Fsp3) is 0.375. The van der Waals surface area contributed by atoms with E-state index >= 15 is 0 Å². The molecule has 1 aliphatic heterocycles. The van der Waals surface area contributed by atoms with Crippen LogP contribution in [0.15, 0.2) is 23.1 Å². The average Bonchev–Trinajstić information content (AvgIpc) is 2.79. The molecule has 1 heterocycles. The van der Waals surface area contributed by atoms with E-state index in [0.29, 0.717) is 23.0 Å². The lowest BCUT2D eigenvalue weighted by atomic mass is 10.1. The average molecular weight is 321 g/mol. The van der Waals surface area contributed by atoms with Gasteiger partial charge in [0.2, 0.25) is 0 Å². The van der Waals surface area contributed by atoms with Crippen molar-refractivity contribution in [2.24, 2.45) is 0 Å². The van der Waals surface area contributed by atoms with Crippen molar-refractivity contribution < 1.29 is 19.1 Å². The van der Waals surface area contributed by atoms with Crippen LogP contribution in [0.1, 0.15) is 32.8 Å². The number of thioether (sulfide) groups is 1. The SMILES string of the molecule is CCOc1cc(/C=C2/SC(=O)NC2=O)ccc1O[C@@H](C)CC. The number of amides is 2. The van der Waals surface area contributed by atoms with Crippen molar-refractivity contribution >= 4 is 29.0 Å². The Balaban J connectivity index is 2.27. The lowest BCUT2D eigenvalue weighted by Crippen LogP contribution is -2.17. The highest BCUT2D eigenvalue weighted by Gasteiger charge is 2.25. The summed E-state index contributed by atoms with van der Waals surface area (Å²) in [5.74, 6) is 0.942. The number of ether oxygens (including phenoxy) is 2. The number of carbonyl (C=O) groups is 2. The van der Waals surface area contributed by atoms with Gasteiger partial charge in [0.15, 0.2) is 11.5 Å². The summed E-state index contributed by atoms with van der Waals surface area (Å²) in [6, 6.07) is 5.47. The van der Waals surface area contributed by atoms with E-state index in [9.17, 15) is 9.59 Å². The number of carbonyl (C=O) groups excluding carboxylic acids is 2. The molecular formula is C16H19NO4S. The molecule has 0 radical (unpaired) electrons. The quantitative estimate of drug-likeness (QED) is 0.811. The molecule has 2 rings (SSSR count). The van der Waals surface area contributed by atoms with E-state index < -0.39 is 0 Å². The van der Waals surface area contributed by atoms with Crippen LogP contribution in [0.25, 0.3) is 6.08 Å². The first-order valence-corrected chi connectivity index (χ1v) is 8.03. The van der Waals surface area contributed by atoms with Gasteiger partial charge in [0.25, 0.3) is 11.1 Å². The predicted molar refractivity (Wildman–Crippen MR) is 87.1 cm³/mol. The zero-order valence-electron chi connectivity index (χ0n) is 12.8. The third-order valence-electron chi connectivity index (χ3n) is 3.11. The molecule has 22 heavy (non-hydrogen) atoms. The van der Waals surface area contributed by atoms with E-state index in [0.717, 1.165) is 23.7 Å². The number of benzene rings is 1. The molecule has 0 spiro atoms. The minimum Gasteiger partial charge on any atom is -0.490 e. The molecule has 0 unspecified atom stereocenters. The molecular weight excluding hydrogens is 302 g/mol. The van der Waals surface area contributed by atoms with E-state index in [4.69, 9.17) is 9.47 Å². The van der Waals surface area contributed by atoms with Crippen LogP contribution in [-0.4, -0.2) is 23.9 Å². The Morgan fingerprint density at radius 1 is 1.27 bits per heavy atom. The van der Waals surface area contributed by atoms with Crippen LogP contribution in [0.2, 0.25) is 0 Å². The van der Waals surface area contributed by atoms with E-state index in [1.807, 2.05) is 32.0 Å². The molecule has 1 aromatic rings. The van der Waals surface area contributed by atoms with Gasteiger partial charge >= 0.3 is 0 Å². The first kappa shape index (κ1) is 16.4. The molecule has 0 aliphatic carbocycles. The number of imide groups is 1. The second-order valence-electron chi connectivity index (χ2n) is 4.83. The van der Waals surface area contributed by atoms with Gasteiger partial charge in [0, 0.05) is 0 Å². The molecule has 1 N–H and O–H groups in total. The summed E-state index contributed by atoms with van der Waals surface area (Å²) in [4.78, 5) is 23.1. The number of hydrogen-bond acceptors (Lipinski definition) is 5. The highest BCUT2D eigenvalue weighted by Crippen LogP contribution is 2.32. The molecule has 0 bridgehead atoms. The standard InChI is InChI=1S/C16H19NO4S/c1-4-10(3)21-12-7-6-11(8-13(12)20-5-2)9-14-15(18)17-16(19)22-14/h6-10H,4-5H2,1-3H3,(H,17,18,19)/b14-9+/t10-/m0/s1. The molecule has 1 atom stereocenters. The lowest BCUT2D eigenvalue weighted by molar-refractivity contribution is -0.115. The summed E-state index contributed by atoms with van der Waals surface area (Å²) < 4.78 is 11.4. The van der Waals surface area contributed by atoms with Gasteiger partial charge in [0.05, 0.1) is 17.6 Å². The Morgan fingerprint density at radius 3 is 2.64 bits per heavy atom. The van der Waals surface area contributed by atoms with E-state index in [1.54, 1.807) is 6.08 Å². The van der Waals surface area contributed by atoms with Gasteiger partial charge < -0.3 is 9.47 Å². The molecule has 5 nitrogen and oxygen atoms in total. The molecule has 0 saturated carbocycles. The molecule has 1 aromatic carbocycles. The normalized spacial score (nSPS) is 17.5. The van der Waals surface area contributed by atoms with Crippen LogP contribution in [0.3, 0.4) is 0 Å². The van der Waals surface area contributed by atoms with Crippen LogP contribution >= 0.6 is 11.8 Å². The van der Waals surface area contributed by atoms with Gasteiger partial charge in [-0.05, 0) is 55.8 Å². The third kappa shape index (κ3) is 4.04. The van der Waals surface area contributed by atoms with Crippen LogP contribution in [0.5, 0.6) is 11.5 Å². The summed E-state index contributed by atoms with van der Waals surface area (Å²) >= 11 is 0.896. The maximum atomic E-state index is 11.6. The Labute approximate surface area is 134 Å². The zero-order chi connectivity index (χ0) is 16.1. The van der Waals surface area contributed by atoms with Crippen LogP contribution in [-0.2, 0) is 4.79 Å². The second-order valence-corrected chi connectivity index (χ2v) is 5.84. The fourth-order valence-corrected chi connectivity index (χ4v) is 2.53. The maximum Gasteiger partial charge on any atom is 0.290 e. The lowest BCUT2D eigenvalue weighted by Gasteiger charge is -2.16. The van der Waals surface area contributed by atoms with Crippen LogP contribution in [0, 0.1) is 0 Å². The topological polar surface area (TPSA) is 64.6 Å². The van der Waals surface area contributed by atoms with Crippen molar-refractivity contribution in [2.75, 3.05) is 6.61 Å². The van der Waals surface area contributed by atoms with Crippen molar-refractivity contribution in [1.29, 1.82) is 0 Å². The molecule has 0 aromatic heterocycles. The molecule has 1 fully saturated rings. The summed E-state index contributed by atoms with van der Waals surface area (Å²) in [5, 5.41) is 1.88. The number of rotatable bonds is 6. The van der Waals surface area contributed by atoms with Crippen LogP contribution in [0.4, 0.5) is 4.79 Å². The zero-order valence-corrected chi connectivity index (χ0v) is 13.7. The predicted octanol–water partition coefficient (Wildman–Crippen LogP) is 3.59. The Kier molecular flexibility index (Phi) is 5.49. The summed E-state index contributed by atoms with van der Waals surface area (Å²) in [6.45, 7) is 6.47. The minimum absolute atomic E-state index is 0.0946. The van der Waals surface area contributed by atoms with Gasteiger partial charge in [-0.15, -0.1) is 0 Å². The van der Waals surface area contributed by atoms with E-state index in [1.165, 1.54) is 0 Å². The molecule has 2 amide bonds. The Bertz CT molecular complexity index is 612. The van der Waals surface area contributed by atoms with Gasteiger partial charge in [-0.3, -0.25) is 14.9 Å². The molecule has 1 aliphatic rings. The number of nitrogens with one attached hydrogen (secondary N) is 1. The van der Waals surface area contributed by atoms with Crippen LogP contribution < -0.4 is 14.8 Å². The largest absolute Gasteiger partial charge is 0.490 e. The first-order chi connectivity index (χ1) is 10.5. The summed E-state index contributed by atoms with van der Waals surface area (Å²) in [7, 11) is 0. The molecule has 1 saturated heterocycles. The van der Waals surface area contributed by atoms with Gasteiger partial charge in [-0.25, -0.2) is 0 Å². The van der Waals surface area contributed by atoms with Crippen molar-refractivity contribution in [3.63, 3.8) is 0 Å². The highest BCUT2D eigenvalue weighted by atomic mass is 32.2. The monoisotopic (exact) mass is 321 g/mol. The van der Waals surface area contributed by atoms with Gasteiger partial charge in [-0.2, -0.15) is 0 Å². The highest BCUT2D eigenvalue weighted by molar-refractivity contribution is 8.18. The van der Waals surface area contributed by atoms with Crippen molar-refractivity contribution in [3.05, 3.63) is 28.7 Å². The summed E-state index contributed by atoms with van der Waals surface area (Å²) in [6.07, 6.45) is 2.66. The second kappa shape index (κ2) is 7.35. The summed E-state index contributed by atoms with van der Waals surface area (Å²) in [5.41, 5.74) is 0.785. The molecule has 6 heteroatoms. The maximum absolute atomic E-state index is 11.6. The van der Waals surface area contributed by atoms with E-state index in [-0.39, 0.29) is 17.3 Å². The van der Waals surface area contributed by atoms with Crippen molar-refractivity contribution in [3.8, 4) is 11.5 Å². The van der Waals surface area contributed by atoms with Crippen molar-refractivity contribution in [2.45, 2.75) is 33.3 Å². The first-order valence-electron chi connectivity index (χ1n) is 7.21. The number of hydrogen-bond donors (Lipinski definition) is 1. The Hall–Kier alpha value is -1.95. The smallest absolute Gasteiger partial charge is 0.290 e. The fourth-order valence-electron chi connectivity index (χ4n) is 1.85. The minimum atomic E-state index is -0.368. The van der Waals surface area contributed by atoms with Gasteiger partial charge in [-0.1, -0.05) is 13.0 Å². The third-order valence-corrected chi connectivity index (χ3v) is 3.92. The van der Waals surface area contributed by atoms with Gasteiger partial charge in [0.1, 0.15) is 0 Å². The van der Waals surface area contributed by atoms with E-state index in [2.05, 4.69) is 12.2 Å². The Morgan fingerprint density at radius 2 is 2.05 bits per heavy atom. The van der Waals surface area contributed by atoms with Crippen molar-refractivity contribution in [1.82, 2.24) is 5.32 Å².